The fourth-order valence-corrected chi connectivity index (χ4v) is 1.71. The Balaban J connectivity index is 3.05. The van der Waals surface area contributed by atoms with E-state index in [0.29, 0.717) is 0 Å². The maximum atomic E-state index is 12.3. The molecule has 21 heavy (non-hydrogen) atoms. The van der Waals surface area contributed by atoms with Gasteiger partial charge in [0.25, 0.3) is 11.6 Å². The van der Waals surface area contributed by atoms with Crippen molar-refractivity contribution in [2.24, 2.45) is 0 Å². The van der Waals surface area contributed by atoms with E-state index >= 15 is 0 Å². The Labute approximate surface area is 121 Å². The highest BCUT2D eigenvalue weighted by atomic mass is 16.6. The fraction of sp³-hybridized carbons (Fsp3) is 0.385. The molecule has 0 fully saturated rings. The number of hydrogen-bond acceptors (Lipinski definition) is 6. The van der Waals surface area contributed by atoms with Crippen LogP contribution in [0.5, 0.6) is 5.75 Å². The van der Waals surface area contributed by atoms with Gasteiger partial charge >= 0.3 is 5.97 Å². The van der Waals surface area contributed by atoms with Crippen molar-refractivity contribution in [3.05, 3.63) is 33.9 Å². The maximum absolute atomic E-state index is 12.3. The van der Waals surface area contributed by atoms with E-state index in [1.54, 1.807) is 0 Å². The highest BCUT2D eigenvalue weighted by molar-refractivity contribution is 6.00. The summed E-state index contributed by atoms with van der Waals surface area (Å²) in [5, 5.41) is 11.0. The molecular formula is C13H16N2O6. The Morgan fingerprint density at radius 3 is 2.52 bits per heavy atom. The molecule has 1 amide bonds. The average Bonchev–Trinajstić information content (AvgIpc) is 2.50. The number of benzene rings is 1. The summed E-state index contributed by atoms with van der Waals surface area (Å²) in [5.41, 5.74) is -0.485. The average molecular weight is 296 g/mol. The third-order valence-electron chi connectivity index (χ3n) is 2.86. The standard InChI is InChI=1S/C13H16N2O6/c1-14(8-7-11(16)21-3)13(17)12-9(15(18)19)5-4-6-10(12)20-2/h4-6H,7-8H2,1-3H3. The van der Waals surface area contributed by atoms with E-state index < -0.39 is 16.8 Å². The van der Waals surface area contributed by atoms with Crippen LogP contribution in [0.15, 0.2) is 18.2 Å². The molecule has 8 heteroatoms. The second-order valence-electron chi connectivity index (χ2n) is 4.16. The summed E-state index contributed by atoms with van der Waals surface area (Å²) in [6.45, 7) is 0.0840. The van der Waals surface area contributed by atoms with Gasteiger partial charge in [-0.1, -0.05) is 6.07 Å². The molecule has 0 bridgehead atoms. The lowest BCUT2D eigenvalue weighted by molar-refractivity contribution is -0.385. The van der Waals surface area contributed by atoms with Gasteiger partial charge in [-0.25, -0.2) is 0 Å². The number of nitrogens with zero attached hydrogens (tertiary/aromatic N) is 2. The third kappa shape index (κ3) is 3.91. The van der Waals surface area contributed by atoms with Gasteiger partial charge in [0.05, 0.1) is 25.6 Å². The molecular weight excluding hydrogens is 280 g/mol. The van der Waals surface area contributed by atoms with E-state index in [4.69, 9.17) is 4.74 Å². The predicted octanol–water partition coefficient (Wildman–Crippen LogP) is 1.24. The summed E-state index contributed by atoms with van der Waals surface area (Å²) < 4.78 is 9.49. The Morgan fingerprint density at radius 2 is 2.00 bits per heavy atom. The van der Waals surface area contributed by atoms with Crippen molar-refractivity contribution in [2.75, 3.05) is 27.8 Å². The van der Waals surface area contributed by atoms with Crippen LogP contribution in [0.4, 0.5) is 5.69 Å². The van der Waals surface area contributed by atoms with E-state index in [1.807, 2.05) is 0 Å². The van der Waals surface area contributed by atoms with Crippen molar-refractivity contribution in [1.29, 1.82) is 0 Å². The van der Waals surface area contributed by atoms with Crippen LogP contribution in [-0.4, -0.2) is 49.5 Å². The second-order valence-corrected chi connectivity index (χ2v) is 4.16. The number of nitro benzene ring substituents is 1. The van der Waals surface area contributed by atoms with Crippen molar-refractivity contribution in [1.82, 2.24) is 4.90 Å². The number of carbonyl (C=O) groups excluding carboxylic acids is 2. The van der Waals surface area contributed by atoms with Crippen LogP contribution < -0.4 is 4.74 Å². The molecule has 0 unspecified atom stereocenters. The molecule has 0 aliphatic rings. The molecule has 0 atom stereocenters. The molecule has 0 N–H and O–H groups in total. The number of esters is 1. The van der Waals surface area contributed by atoms with Gasteiger partial charge in [-0.15, -0.1) is 0 Å². The zero-order chi connectivity index (χ0) is 16.0. The molecule has 0 spiro atoms. The molecule has 1 aromatic rings. The van der Waals surface area contributed by atoms with Crippen LogP contribution in [0.25, 0.3) is 0 Å². The minimum atomic E-state index is -0.649. The molecule has 0 aromatic heterocycles. The normalized spacial score (nSPS) is 9.86. The van der Waals surface area contributed by atoms with E-state index in [9.17, 15) is 19.7 Å². The van der Waals surface area contributed by atoms with Crippen LogP contribution >= 0.6 is 0 Å². The number of ether oxygens (including phenoxy) is 2. The molecule has 1 rings (SSSR count). The fourth-order valence-electron chi connectivity index (χ4n) is 1.71. The quantitative estimate of drug-likeness (QED) is 0.445. The molecule has 0 aliphatic carbocycles. The van der Waals surface area contributed by atoms with Gasteiger partial charge in [0.1, 0.15) is 5.75 Å². The van der Waals surface area contributed by atoms with E-state index in [0.717, 1.165) is 0 Å². The van der Waals surface area contributed by atoms with Crippen molar-refractivity contribution >= 4 is 17.6 Å². The van der Waals surface area contributed by atoms with E-state index in [-0.39, 0.29) is 30.0 Å². The summed E-state index contributed by atoms with van der Waals surface area (Å²) in [6.07, 6.45) is 0.00167. The van der Waals surface area contributed by atoms with E-state index in [2.05, 4.69) is 4.74 Å². The largest absolute Gasteiger partial charge is 0.496 e. The first-order valence-corrected chi connectivity index (χ1v) is 6.06. The molecule has 0 heterocycles. The van der Waals surface area contributed by atoms with Crippen LogP contribution in [0.3, 0.4) is 0 Å². The summed E-state index contributed by atoms with van der Waals surface area (Å²) >= 11 is 0. The van der Waals surface area contributed by atoms with Gasteiger partial charge in [0.2, 0.25) is 0 Å². The lowest BCUT2D eigenvalue weighted by Crippen LogP contribution is -2.30. The molecule has 8 nitrogen and oxygen atoms in total. The zero-order valence-corrected chi connectivity index (χ0v) is 12.0. The van der Waals surface area contributed by atoms with Crippen molar-refractivity contribution in [2.45, 2.75) is 6.42 Å². The third-order valence-corrected chi connectivity index (χ3v) is 2.86. The summed E-state index contributed by atoms with van der Waals surface area (Å²) in [6, 6.07) is 4.13. The van der Waals surface area contributed by atoms with Crippen LogP contribution in [0.2, 0.25) is 0 Å². The van der Waals surface area contributed by atoms with Crippen molar-refractivity contribution in [3.8, 4) is 5.75 Å². The SMILES string of the molecule is COC(=O)CCN(C)C(=O)c1c(OC)cccc1[N+](=O)[O-]. The number of rotatable bonds is 6. The lowest BCUT2D eigenvalue weighted by Gasteiger charge is -2.17. The number of hydrogen-bond donors (Lipinski definition) is 0. The monoisotopic (exact) mass is 296 g/mol. The number of amides is 1. The molecule has 0 saturated heterocycles. The Morgan fingerprint density at radius 1 is 1.33 bits per heavy atom. The first-order valence-electron chi connectivity index (χ1n) is 6.06. The number of carbonyl (C=O) groups is 2. The number of nitro groups is 1. The lowest BCUT2D eigenvalue weighted by atomic mass is 10.1. The van der Waals surface area contributed by atoms with Crippen LogP contribution in [0, 0.1) is 10.1 Å². The first-order chi connectivity index (χ1) is 9.92. The minimum Gasteiger partial charge on any atom is -0.496 e. The van der Waals surface area contributed by atoms with Gasteiger partial charge in [-0.3, -0.25) is 19.7 Å². The highest BCUT2D eigenvalue weighted by Crippen LogP contribution is 2.29. The molecule has 114 valence electrons. The summed E-state index contributed by atoms with van der Waals surface area (Å²) in [7, 11) is 4.01. The molecule has 1 aromatic carbocycles. The minimum absolute atomic E-state index is 0.00167. The van der Waals surface area contributed by atoms with Gasteiger partial charge in [0, 0.05) is 19.7 Å². The van der Waals surface area contributed by atoms with Crippen LogP contribution in [0.1, 0.15) is 16.8 Å². The molecule has 0 saturated carbocycles. The van der Waals surface area contributed by atoms with Gasteiger partial charge < -0.3 is 14.4 Å². The summed E-state index contributed by atoms with van der Waals surface area (Å²) in [4.78, 5) is 35.0. The number of methoxy groups -OCH3 is 2. The Bertz CT molecular complexity index is 558. The predicted molar refractivity (Wildman–Crippen MR) is 73.2 cm³/mol. The Hall–Kier alpha value is -2.64. The van der Waals surface area contributed by atoms with Gasteiger partial charge in [-0.05, 0) is 6.07 Å². The smallest absolute Gasteiger partial charge is 0.307 e. The highest BCUT2D eigenvalue weighted by Gasteiger charge is 2.27. The van der Waals surface area contributed by atoms with Crippen molar-refractivity contribution < 1.29 is 24.0 Å². The van der Waals surface area contributed by atoms with E-state index in [1.165, 1.54) is 44.4 Å². The van der Waals surface area contributed by atoms with Gasteiger partial charge in [-0.2, -0.15) is 0 Å². The van der Waals surface area contributed by atoms with Gasteiger partial charge in [0.15, 0.2) is 5.56 Å². The topological polar surface area (TPSA) is 99.0 Å². The molecule has 0 radical (unpaired) electrons. The van der Waals surface area contributed by atoms with Crippen molar-refractivity contribution in [3.63, 3.8) is 0 Å². The maximum Gasteiger partial charge on any atom is 0.307 e. The van der Waals surface area contributed by atoms with Crippen LogP contribution in [-0.2, 0) is 9.53 Å². The first kappa shape index (κ1) is 16.4. The summed E-state index contributed by atoms with van der Waals surface area (Å²) in [5.74, 6) is -0.952. The molecule has 0 aliphatic heterocycles. The Kier molecular flexibility index (Phi) is 5.65. The second kappa shape index (κ2) is 7.22. The zero-order valence-electron chi connectivity index (χ0n) is 12.0.